The van der Waals surface area contributed by atoms with Crippen molar-refractivity contribution < 1.29 is 5.11 Å². The summed E-state index contributed by atoms with van der Waals surface area (Å²) in [4.78, 5) is 4.26. The maximum atomic E-state index is 10.1. The van der Waals surface area contributed by atoms with Crippen molar-refractivity contribution in [3.63, 3.8) is 0 Å². The Morgan fingerprint density at radius 1 is 1.21 bits per heavy atom. The van der Waals surface area contributed by atoms with Gasteiger partial charge < -0.3 is 15.7 Å². The van der Waals surface area contributed by atoms with E-state index < -0.39 is 0 Å². The Balaban J connectivity index is 2.48. The Bertz CT molecular complexity index is 353. The van der Waals surface area contributed by atoms with Gasteiger partial charge in [0.25, 0.3) is 0 Å². The van der Waals surface area contributed by atoms with Gasteiger partial charge in [0.2, 0.25) is 0 Å². The van der Waals surface area contributed by atoms with E-state index in [1.165, 1.54) is 0 Å². The summed E-state index contributed by atoms with van der Waals surface area (Å²) in [5, 5.41) is 16.6. The van der Waals surface area contributed by atoms with Gasteiger partial charge in [-0.3, -0.25) is 0 Å². The van der Waals surface area contributed by atoms with E-state index in [1.54, 1.807) is 6.20 Å². The number of hydrogen-bond acceptors (Lipinski definition) is 4. The van der Waals surface area contributed by atoms with Crippen LogP contribution in [0.1, 0.15) is 40.0 Å². The lowest BCUT2D eigenvalue weighted by atomic mass is 9.96. The molecule has 0 aromatic carbocycles. The van der Waals surface area contributed by atoms with Crippen molar-refractivity contribution in [2.75, 3.05) is 23.7 Å². The zero-order chi connectivity index (χ0) is 14.1. The van der Waals surface area contributed by atoms with Crippen LogP contribution in [0, 0.1) is 5.92 Å². The normalized spacial score (nSPS) is 12.5. The molecule has 0 radical (unpaired) electrons. The predicted molar refractivity (Wildman–Crippen MR) is 81.6 cm³/mol. The molecule has 0 aliphatic rings. The van der Waals surface area contributed by atoms with Crippen molar-refractivity contribution in [1.82, 2.24) is 4.98 Å². The van der Waals surface area contributed by atoms with Crippen LogP contribution in [0.3, 0.4) is 0 Å². The second-order valence-electron chi connectivity index (χ2n) is 4.88. The first-order valence-electron chi connectivity index (χ1n) is 7.33. The van der Waals surface area contributed by atoms with Crippen LogP contribution >= 0.6 is 0 Å². The molecule has 0 spiro atoms. The topological polar surface area (TPSA) is 57.2 Å². The van der Waals surface area contributed by atoms with E-state index in [9.17, 15) is 5.11 Å². The summed E-state index contributed by atoms with van der Waals surface area (Å²) in [6, 6.07) is 3.91. The fraction of sp³-hybridized carbons (Fsp3) is 0.667. The third-order valence-corrected chi connectivity index (χ3v) is 3.42. The molecule has 1 heterocycles. The lowest BCUT2D eigenvalue weighted by Crippen LogP contribution is -2.27. The molecule has 3 N–H and O–H groups in total. The number of pyridine rings is 1. The van der Waals surface area contributed by atoms with Gasteiger partial charge in [-0.25, -0.2) is 4.98 Å². The predicted octanol–water partition coefficient (Wildman–Crippen LogP) is 3.11. The van der Waals surface area contributed by atoms with E-state index in [1.807, 2.05) is 12.1 Å². The molecule has 0 amide bonds. The van der Waals surface area contributed by atoms with E-state index in [0.29, 0.717) is 12.5 Å². The number of anilines is 2. The summed E-state index contributed by atoms with van der Waals surface area (Å²) in [5.41, 5.74) is 0.999. The first kappa shape index (κ1) is 15.8. The van der Waals surface area contributed by atoms with Crippen molar-refractivity contribution in [1.29, 1.82) is 0 Å². The third kappa shape index (κ3) is 5.47. The molecule has 0 saturated carbocycles. The first-order chi connectivity index (χ1) is 9.21. The van der Waals surface area contributed by atoms with Gasteiger partial charge in [0, 0.05) is 31.0 Å². The van der Waals surface area contributed by atoms with Gasteiger partial charge in [-0.1, -0.05) is 33.6 Å². The molecular weight excluding hydrogens is 238 g/mol. The molecule has 0 fully saturated rings. The van der Waals surface area contributed by atoms with Crippen LogP contribution in [0.4, 0.5) is 11.5 Å². The van der Waals surface area contributed by atoms with E-state index in [2.05, 4.69) is 36.4 Å². The number of aliphatic hydroxyl groups excluding tert-OH is 1. The van der Waals surface area contributed by atoms with Crippen molar-refractivity contribution >= 4 is 11.5 Å². The summed E-state index contributed by atoms with van der Waals surface area (Å²) in [7, 11) is 0. The van der Waals surface area contributed by atoms with Crippen LogP contribution in [0.25, 0.3) is 0 Å². The van der Waals surface area contributed by atoms with Crippen LogP contribution in [-0.2, 0) is 0 Å². The first-order valence-corrected chi connectivity index (χ1v) is 7.33. The zero-order valence-electron chi connectivity index (χ0n) is 12.3. The minimum atomic E-state index is -0.296. The second-order valence-corrected chi connectivity index (χ2v) is 4.88. The maximum absolute atomic E-state index is 10.1. The molecule has 0 saturated heterocycles. The highest BCUT2D eigenvalue weighted by atomic mass is 16.3. The second kappa shape index (κ2) is 8.75. The molecule has 1 atom stereocenters. The molecule has 4 nitrogen and oxygen atoms in total. The Kier molecular flexibility index (Phi) is 7.26. The lowest BCUT2D eigenvalue weighted by Gasteiger charge is -2.21. The smallest absolute Gasteiger partial charge is 0.127 e. The van der Waals surface area contributed by atoms with Crippen LogP contribution in [0.5, 0.6) is 0 Å². The number of hydrogen-bond donors (Lipinski definition) is 3. The average molecular weight is 265 g/mol. The Labute approximate surface area is 116 Å². The number of nitrogens with zero attached hydrogens (tertiary/aromatic N) is 1. The highest BCUT2D eigenvalue weighted by Crippen LogP contribution is 2.16. The summed E-state index contributed by atoms with van der Waals surface area (Å²) in [6.45, 7) is 7.88. The van der Waals surface area contributed by atoms with Crippen molar-refractivity contribution in [2.45, 2.75) is 46.1 Å². The highest BCUT2D eigenvalue weighted by Gasteiger charge is 2.14. The van der Waals surface area contributed by atoms with Gasteiger partial charge in [0.15, 0.2) is 0 Å². The summed E-state index contributed by atoms with van der Waals surface area (Å²) >= 11 is 0. The SMILES string of the molecule is CCCNc1cc(NCC(O)C(CC)CC)ccn1. The van der Waals surface area contributed by atoms with Crippen LogP contribution in [0.2, 0.25) is 0 Å². The maximum Gasteiger partial charge on any atom is 0.127 e. The summed E-state index contributed by atoms with van der Waals surface area (Å²) in [5.74, 6) is 1.25. The largest absolute Gasteiger partial charge is 0.391 e. The van der Waals surface area contributed by atoms with Gasteiger partial charge >= 0.3 is 0 Å². The monoisotopic (exact) mass is 265 g/mol. The molecular formula is C15H27N3O. The third-order valence-electron chi connectivity index (χ3n) is 3.42. The average Bonchev–Trinajstić information content (AvgIpc) is 2.44. The standard InChI is InChI=1S/C15H27N3O/c1-4-8-16-15-10-13(7-9-17-15)18-11-14(19)12(5-2)6-3/h7,9-10,12,14,19H,4-6,8,11H2,1-3H3,(H2,16,17,18). The summed E-state index contributed by atoms with van der Waals surface area (Å²) in [6.07, 6.45) is 4.59. The molecule has 0 bridgehead atoms. The molecule has 1 rings (SSSR count). The van der Waals surface area contributed by atoms with E-state index in [0.717, 1.165) is 37.3 Å². The van der Waals surface area contributed by atoms with Crippen LogP contribution in [-0.4, -0.2) is 29.3 Å². The van der Waals surface area contributed by atoms with Crippen LogP contribution < -0.4 is 10.6 Å². The van der Waals surface area contributed by atoms with Gasteiger partial charge in [0.1, 0.15) is 5.82 Å². The van der Waals surface area contributed by atoms with Gasteiger partial charge in [0.05, 0.1) is 6.10 Å². The molecule has 108 valence electrons. The zero-order valence-corrected chi connectivity index (χ0v) is 12.3. The molecule has 1 aromatic rings. The lowest BCUT2D eigenvalue weighted by molar-refractivity contribution is 0.114. The molecule has 19 heavy (non-hydrogen) atoms. The minimum absolute atomic E-state index is 0.296. The molecule has 0 aliphatic carbocycles. The quantitative estimate of drug-likeness (QED) is 0.642. The van der Waals surface area contributed by atoms with E-state index in [-0.39, 0.29) is 6.10 Å². The fourth-order valence-electron chi connectivity index (χ4n) is 2.11. The number of aliphatic hydroxyl groups is 1. The number of aromatic nitrogens is 1. The van der Waals surface area contributed by atoms with Crippen molar-refractivity contribution in [3.8, 4) is 0 Å². The Hall–Kier alpha value is -1.29. The number of rotatable bonds is 9. The molecule has 1 unspecified atom stereocenters. The molecule has 0 aliphatic heterocycles. The minimum Gasteiger partial charge on any atom is -0.391 e. The van der Waals surface area contributed by atoms with Crippen molar-refractivity contribution in [2.24, 2.45) is 5.92 Å². The van der Waals surface area contributed by atoms with Crippen molar-refractivity contribution in [3.05, 3.63) is 18.3 Å². The Morgan fingerprint density at radius 3 is 2.58 bits per heavy atom. The van der Waals surface area contributed by atoms with Gasteiger partial charge in [-0.15, -0.1) is 0 Å². The molecule has 4 heteroatoms. The van der Waals surface area contributed by atoms with E-state index >= 15 is 0 Å². The van der Waals surface area contributed by atoms with Gasteiger partial charge in [-0.2, -0.15) is 0 Å². The van der Waals surface area contributed by atoms with Crippen LogP contribution in [0.15, 0.2) is 18.3 Å². The summed E-state index contributed by atoms with van der Waals surface area (Å²) < 4.78 is 0. The fourth-order valence-corrected chi connectivity index (χ4v) is 2.11. The van der Waals surface area contributed by atoms with Gasteiger partial charge in [-0.05, 0) is 18.4 Å². The molecule has 1 aromatic heterocycles. The van der Waals surface area contributed by atoms with E-state index in [4.69, 9.17) is 0 Å². The number of nitrogens with one attached hydrogen (secondary N) is 2. The Morgan fingerprint density at radius 2 is 1.95 bits per heavy atom. The highest BCUT2D eigenvalue weighted by molar-refractivity contribution is 5.51.